The molecule has 0 N–H and O–H groups in total. The fourth-order valence-electron chi connectivity index (χ4n) is 1.03. The highest BCUT2D eigenvalue weighted by Crippen LogP contribution is 2.16. The lowest BCUT2D eigenvalue weighted by atomic mass is 10.1. The van der Waals surface area contributed by atoms with Gasteiger partial charge in [-0.3, -0.25) is 4.90 Å². The summed E-state index contributed by atoms with van der Waals surface area (Å²) in [5.41, 5.74) is 0.309. The molecular formula is C6H12ClN. The van der Waals surface area contributed by atoms with Gasteiger partial charge in [0.15, 0.2) is 0 Å². The van der Waals surface area contributed by atoms with Gasteiger partial charge in [-0.1, -0.05) is 0 Å². The topological polar surface area (TPSA) is 3.24 Å². The second kappa shape index (κ2) is 2.70. The minimum Gasteiger partial charge on any atom is -0.291 e. The van der Waals surface area contributed by atoms with E-state index in [9.17, 15) is 0 Å². The molecule has 1 nitrogen and oxygen atoms in total. The average molecular weight is 134 g/mol. The molecule has 1 rings (SSSR count). The second-order valence-electron chi connectivity index (χ2n) is 2.41. The summed E-state index contributed by atoms with van der Waals surface area (Å²) in [6, 6.07) is 0. The van der Waals surface area contributed by atoms with Gasteiger partial charge in [0, 0.05) is 0 Å². The number of rotatable bonds is 0. The van der Waals surface area contributed by atoms with E-state index < -0.39 is 0 Å². The van der Waals surface area contributed by atoms with E-state index >= 15 is 0 Å². The molecule has 0 radical (unpaired) electrons. The van der Waals surface area contributed by atoms with Crippen molar-refractivity contribution < 1.29 is 0 Å². The third kappa shape index (κ3) is 1.36. The van der Waals surface area contributed by atoms with Gasteiger partial charge in [-0.2, -0.15) is 0 Å². The van der Waals surface area contributed by atoms with Crippen LogP contribution < -0.4 is 0 Å². The highest BCUT2D eigenvalue weighted by atomic mass is 35.5. The lowest BCUT2D eigenvalue weighted by Crippen LogP contribution is -2.31. The highest BCUT2D eigenvalue weighted by Gasteiger charge is 2.14. The molecule has 0 spiro atoms. The Balaban J connectivity index is 2.28. The Morgan fingerprint density at radius 3 is 2.62 bits per heavy atom. The van der Waals surface area contributed by atoms with Crippen LogP contribution in [0.1, 0.15) is 19.3 Å². The summed E-state index contributed by atoms with van der Waals surface area (Å²) >= 11 is 5.89. The zero-order valence-electron chi connectivity index (χ0n) is 5.23. The molecule has 0 aromatic heterocycles. The van der Waals surface area contributed by atoms with Crippen LogP contribution in [0.3, 0.4) is 0 Å². The van der Waals surface area contributed by atoms with Crippen LogP contribution >= 0.6 is 11.6 Å². The van der Waals surface area contributed by atoms with Crippen LogP contribution in [0.25, 0.3) is 0 Å². The molecule has 0 bridgehead atoms. The third-order valence-electron chi connectivity index (χ3n) is 1.68. The van der Waals surface area contributed by atoms with Crippen molar-refractivity contribution in [1.82, 2.24) is 4.90 Å². The SMILES string of the molecule is CN1CCCCC1Cl. The van der Waals surface area contributed by atoms with Gasteiger partial charge in [0.1, 0.15) is 0 Å². The number of alkyl halides is 1. The van der Waals surface area contributed by atoms with Gasteiger partial charge in [0.25, 0.3) is 0 Å². The molecule has 0 aromatic carbocycles. The van der Waals surface area contributed by atoms with Crippen molar-refractivity contribution in [3.63, 3.8) is 0 Å². The molecule has 48 valence electrons. The number of hydrogen-bond donors (Lipinski definition) is 0. The lowest BCUT2D eigenvalue weighted by molar-refractivity contribution is 0.246. The Hall–Kier alpha value is 0.250. The van der Waals surface area contributed by atoms with Crippen LogP contribution in [0, 0.1) is 0 Å². The highest BCUT2D eigenvalue weighted by molar-refractivity contribution is 6.20. The zero-order valence-corrected chi connectivity index (χ0v) is 5.99. The average Bonchev–Trinajstić information content (AvgIpc) is 1.77. The van der Waals surface area contributed by atoms with Crippen LogP contribution in [-0.2, 0) is 0 Å². The molecule has 0 amide bonds. The monoisotopic (exact) mass is 133 g/mol. The van der Waals surface area contributed by atoms with Crippen molar-refractivity contribution in [2.24, 2.45) is 0 Å². The number of likely N-dealkylation sites (tertiary alicyclic amines) is 1. The molecular weight excluding hydrogens is 122 g/mol. The van der Waals surface area contributed by atoms with Crippen molar-refractivity contribution in [3.05, 3.63) is 0 Å². The van der Waals surface area contributed by atoms with Gasteiger partial charge in [0.05, 0.1) is 5.50 Å². The maximum Gasteiger partial charge on any atom is 0.0847 e. The summed E-state index contributed by atoms with van der Waals surface area (Å²) in [5, 5.41) is 0. The molecule has 2 heteroatoms. The third-order valence-corrected chi connectivity index (χ3v) is 2.23. The van der Waals surface area contributed by atoms with Crippen molar-refractivity contribution in [3.8, 4) is 0 Å². The standard InChI is InChI=1S/C6H12ClN/c1-8-5-3-2-4-6(8)7/h6H,2-5H2,1H3. The fraction of sp³-hybridized carbons (Fsp3) is 1.00. The molecule has 1 heterocycles. The first-order valence-corrected chi connectivity index (χ1v) is 3.58. The number of hydrogen-bond acceptors (Lipinski definition) is 1. The van der Waals surface area contributed by atoms with Crippen LogP contribution in [-0.4, -0.2) is 24.0 Å². The Kier molecular flexibility index (Phi) is 2.15. The minimum absolute atomic E-state index is 0.309. The number of halogens is 1. The summed E-state index contributed by atoms with van der Waals surface area (Å²) in [7, 11) is 2.08. The van der Waals surface area contributed by atoms with E-state index in [2.05, 4.69) is 11.9 Å². The van der Waals surface area contributed by atoms with Gasteiger partial charge in [-0.25, -0.2) is 0 Å². The normalized spacial score (nSPS) is 33.0. The van der Waals surface area contributed by atoms with E-state index in [-0.39, 0.29) is 0 Å². The molecule has 1 atom stereocenters. The number of piperidine rings is 1. The van der Waals surface area contributed by atoms with Crippen LogP contribution in [0.2, 0.25) is 0 Å². The van der Waals surface area contributed by atoms with Crippen LogP contribution in [0.4, 0.5) is 0 Å². The molecule has 8 heavy (non-hydrogen) atoms. The summed E-state index contributed by atoms with van der Waals surface area (Å²) in [4.78, 5) is 2.20. The Labute approximate surface area is 55.6 Å². The Morgan fingerprint density at radius 2 is 2.25 bits per heavy atom. The predicted octanol–water partition coefficient (Wildman–Crippen LogP) is 1.67. The van der Waals surface area contributed by atoms with Crippen molar-refractivity contribution in [2.45, 2.75) is 24.8 Å². The van der Waals surface area contributed by atoms with E-state index in [1.165, 1.54) is 19.4 Å². The van der Waals surface area contributed by atoms with Gasteiger partial charge in [-0.05, 0) is 32.9 Å². The molecule has 1 unspecified atom stereocenters. The van der Waals surface area contributed by atoms with Gasteiger partial charge in [-0.15, -0.1) is 11.6 Å². The van der Waals surface area contributed by atoms with E-state index in [4.69, 9.17) is 11.6 Å². The molecule has 1 fully saturated rings. The van der Waals surface area contributed by atoms with Crippen molar-refractivity contribution in [1.29, 1.82) is 0 Å². The van der Waals surface area contributed by atoms with E-state index in [1.807, 2.05) is 0 Å². The summed E-state index contributed by atoms with van der Waals surface area (Å²) in [5.74, 6) is 0. The first kappa shape index (κ1) is 6.37. The van der Waals surface area contributed by atoms with Crippen molar-refractivity contribution >= 4 is 11.6 Å². The molecule has 0 aliphatic carbocycles. The minimum atomic E-state index is 0.309. The molecule has 1 saturated heterocycles. The Bertz CT molecular complexity index is 64.9. The smallest absolute Gasteiger partial charge is 0.0847 e. The summed E-state index contributed by atoms with van der Waals surface area (Å²) in [6.45, 7) is 1.17. The largest absolute Gasteiger partial charge is 0.291 e. The first-order valence-electron chi connectivity index (χ1n) is 3.15. The fourth-order valence-corrected chi connectivity index (χ4v) is 1.29. The van der Waals surface area contributed by atoms with E-state index in [0.29, 0.717) is 5.50 Å². The quantitative estimate of drug-likeness (QED) is 0.359. The van der Waals surface area contributed by atoms with E-state index in [0.717, 1.165) is 6.42 Å². The summed E-state index contributed by atoms with van der Waals surface area (Å²) < 4.78 is 0. The molecule has 0 aromatic rings. The Morgan fingerprint density at radius 1 is 1.50 bits per heavy atom. The van der Waals surface area contributed by atoms with E-state index in [1.54, 1.807) is 0 Å². The predicted molar refractivity (Wildman–Crippen MR) is 36.1 cm³/mol. The lowest BCUT2D eigenvalue weighted by Gasteiger charge is -2.27. The van der Waals surface area contributed by atoms with Crippen molar-refractivity contribution in [2.75, 3.05) is 13.6 Å². The molecule has 1 aliphatic heterocycles. The molecule has 1 aliphatic rings. The second-order valence-corrected chi connectivity index (χ2v) is 2.91. The van der Waals surface area contributed by atoms with Gasteiger partial charge in [0.2, 0.25) is 0 Å². The van der Waals surface area contributed by atoms with Gasteiger partial charge >= 0.3 is 0 Å². The van der Waals surface area contributed by atoms with Crippen LogP contribution in [0.5, 0.6) is 0 Å². The summed E-state index contributed by atoms with van der Waals surface area (Å²) in [6.07, 6.45) is 3.79. The maximum absolute atomic E-state index is 5.89. The molecule has 0 saturated carbocycles. The van der Waals surface area contributed by atoms with Gasteiger partial charge < -0.3 is 0 Å². The first-order chi connectivity index (χ1) is 3.80. The zero-order chi connectivity index (χ0) is 5.98. The maximum atomic E-state index is 5.89. The van der Waals surface area contributed by atoms with Crippen LogP contribution in [0.15, 0.2) is 0 Å². The number of nitrogens with zero attached hydrogens (tertiary/aromatic N) is 1.